The zero-order valence-electron chi connectivity index (χ0n) is 11.9. The van der Waals surface area contributed by atoms with Gasteiger partial charge in [0, 0.05) is 29.0 Å². The summed E-state index contributed by atoms with van der Waals surface area (Å²) in [5.74, 6) is 2.29. The van der Waals surface area contributed by atoms with Crippen LogP contribution in [-0.2, 0) is 5.54 Å². The first kappa shape index (κ1) is 12.7. The molecule has 0 aromatic heterocycles. The van der Waals surface area contributed by atoms with Gasteiger partial charge in [-0.1, -0.05) is 36.4 Å². The normalized spacial score (nSPS) is 26.4. The third-order valence-electron chi connectivity index (χ3n) is 4.64. The van der Waals surface area contributed by atoms with Crippen LogP contribution in [0.15, 0.2) is 48.5 Å². The molecule has 2 aromatic rings. The van der Waals surface area contributed by atoms with Crippen molar-refractivity contribution in [3.05, 3.63) is 59.7 Å². The highest BCUT2D eigenvalue weighted by molar-refractivity contribution is 5.43. The zero-order valence-corrected chi connectivity index (χ0v) is 11.9. The van der Waals surface area contributed by atoms with Gasteiger partial charge in [0.15, 0.2) is 0 Å². The van der Waals surface area contributed by atoms with Crippen LogP contribution in [0, 0.1) is 0 Å². The van der Waals surface area contributed by atoms with Gasteiger partial charge in [0.1, 0.15) is 11.5 Å². The highest BCUT2D eigenvalue weighted by atomic mass is 16.5. The van der Waals surface area contributed by atoms with Crippen LogP contribution in [0.1, 0.15) is 29.9 Å². The number of hydrogen-bond acceptors (Lipinski definition) is 3. The van der Waals surface area contributed by atoms with E-state index in [4.69, 9.17) is 15.2 Å². The molecule has 2 aromatic carbocycles. The molecule has 0 radical (unpaired) electrons. The van der Waals surface area contributed by atoms with Gasteiger partial charge in [-0.05, 0) is 18.6 Å². The third kappa shape index (κ3) is 2.09. The molecule has 2 unspecified atom stereocenters. The van der Waals surface area contributed by atoms with Crippen LogP contribution in [0.4, 0.5) is 0 Å². The minimum Gasteiger partial charge on any atom is -0.493 e. The molecule has 2 aliphatic rings. The van der Waals surface area contributed by atoms with E-state index in [2.05, 4.69) is 18.2 Å². The lowest BCUT2D eigenvalue weighted by Gasteiger charge is -2.37. The summed E-state index contributed by atoms with van der Waals surface area (Å²) in [7, 11) is 0. The number of rotatable bonds is 2. The SMILES string of the molecule is NC1(CC2COc3ccccc32)CCOc2ccccc21. The molecular weight excluding hydrogens is 262 g/mol. The molecule has 2 N–H and O–H groups in total. The first-order valence-corrected chi connectivity index (χ1v) is 7.49. The fourth-order valence-electron chi connectivity index (χ4n) is 3.53. The summed E-state index contributed by atoms with van der Waals surface area (Å²) in [6.07, 6.45) is 1.74. The molecule has 2 heterocycles. The van der Waals surface area contributed by atoms with E-state index in [0.717, 1.165) is 36.5 Å². The largest absolute Gasteiger partial charge is 0.493 e. The van der Waals surface area contributed by atoms with Gasteiger partial charge in [-0.3, -0.25) is 0 Å². The van der Waals surface area contributed by atoms with Crippen molar-refractivity contribution in [2.75, 3.05) is 13.2 Å². The number of benzene rings is 2. The Morgan fingerprint density at radius 3 is 2.67 bits per heavy atom. The number of fused-ring (bicyclic) bond motifs is 2. The number of hydrogen-bond donors (Lipinski definition) is 1. The van der Waals surface area contributed by atoms with Gasteiger partial charge in [0.05, 0.1) is 13.2 Å². The van der Waals surface area contributed by atoms with Gasteiger partial charge in [-0.15, -0.1) is 0 Å². The molecule has 0 saturated carbocycles. The van der Waals surface area contributed by atoms with E-state index in [1.54, 1.807) is 0 Å². The fourth-order valence-corrected chi connectivity index (χ4v) is 3.53. The maximum Gasteiger partial charge on any atom is 0.124 e. The monoisotopic (exact) mass is 281 g/mol. The molecule has 2 atom stereocenters. The molecule has 3 heteroatoms. The first-order chi connectivity index (χ1) is 10.3. The summed E-state index contributed by atoms with van der Waals surface area (Å²) >= 11 is 0. The Hall–Kier alpha value is -2.00. The van der Waals surface area contributed by atoms with Crippen LogP contribution < -0.4 is 15.2 Å². The van der Waals surface area contributed by atoms with E-state index in [-0.39, 0.29) is 5.54 Å². The molecule has 0 spiro atoms. The minimum absolute atomic E-state index is 0.333. The van der Waals surface area contributed by atoms with Crippen molar-refractivity contribution in [3.8, 4) is 11.5 Å². The molecule has 4 rings (SSSR count). The summed E-state index contributed by atoms with van der Waals surface area (Å²) in [4.78, 5) is 0. The van der Waals surface area contributed by atoms with Crippen LogP contribution in [0.3, 0.4) is 0 Å². The second kappa shape index (κ2) is 4.78. The molecule has 2 aliphatic heterocycles. The van der Waals surface area contributed by atoms with E-state index in [9.17, 15) is 0 Å². The van der Waals surface area contributed by atoms with E-state index in [1.807, 2.05) is 30.3 Å². The Labute approximate surface area is 124 Å². The van der Waals surface area contributed by atoms with Crippen molar-refractivity contribution >= 4 is 0 Å². The lowest BCUT2D eigenvalue weighted by atomic mass is 9.77. The minimum atomic E-state index is -0.333. The fraction of sp³-hybridized carbons (Fsp3) is 0.333. The van der Waals surface area contributed by atoms with Crippen LogP contribution in [0.25, 0.3) is 0 Å². The summed E-state index contributed by atoms with van der Waals surface area (Å²) in [6, 6.07) is 16.4. The van der Waals surface area contributed by atoms with Crippen molar-refractivity contribution in [2.45, 2.75) is 24.3 Å². The topological polar surface area (TPSA) is 44.5 Å². The summed E-state index contributed by atoms with van der Waals surface area (Å²) in [6.45, 7) is 1.41. The Morgan fingerprint density at radius 2 is 1.76 bits per heavy atom. The van der Waals surface area contributed by atoms with Crippen molar-refractivity contribution in [1.82, 2.24) is 0 Å². The summed E-state index contributed by atoms with van der Waals surface area (Å²) in [5.41, 5.74) is 8.85. The second-order valence-electron chi connectivity index (χ2n) is 6.00. The van der Waals surface area contributed by atoms with Gasteiger partial charge in [0.2, 0.25) is 0 Å². The summed E-state index contributed by atoms with van der Waals surface area (Å²) < 4.78 is 11.5. The Kier molecular flexibility index (Phi) is 2.89. The lowest BCUT2D eigenvalue weighted by molar-refractivity contribution is 0.193. The molecule has 21 heavy (non-hydrogen) atoms. The van der Waals surface area contributed by atoms with Gasteiger partial charge >= 0.3 is 0 Å². The molecule has 0 bridgehead atoms. The maximum absolute atomic E-state index is 6.77. The van der Waals surface area contributed by atoms with Gasteiger partial charge in [-0.2, -0.15) is 0 Å². The van der Waals surface area contributed by atoms with E-state index in [1.165, 1.54) is 5.56 Å². The molecule has 0 saturated heterocycles. The number of para-hydroxylation sites is 2. The number of nitrogens with two attached hydrogens (primary N) is 1. The van der Waals surface area contributed by atoms with Gasteiger partial charge in [0.25, 0.3) is 0 Å². The average molecular weight is 281 g/mol. The van der Waals surface area contributed by atoms with Crippen molar-refractivity contribution in [3.63, 3.8) is 0 Å². The van der Waals surface area contributed by atoms with Crippen LogP contribution in [0.2, 0.25) is 0 Å². The lowest BCUT2D eigenvalue weighted by Crippen LogP contribution is -2.42. The smallest absolute Gasteiger partial charge is 0.124 e. The predicted octanol–water partition coefficient (Wildman–Crippen LogP) is 3.19. The van der Waals surface area contributed by atoms with E-state index >= 15 is 0 Å². The quantitative estimate of drug-likeness (QED) is 0.919. The Morgan fingerprint density at radius 1 is 1.00 bits per heavy atom. The maximum atomic E-state index is 6.77. The average Bonchev–Trinajstić information content (AvgIpc) is 2.91. The molecular formula is C18H19NO2. The second-order valence-corrected chi connectivity index (χ2v) is 6.00. The van der Waals surface area contributed by atoms with Crippen molar-refractivity contribution in [2.24, 2.45) is 5.73 Å². The molecule has 0 fully saturated rings. The highest BCUT2D eigenvalue weighted by Gasteiger charge is 2.38. The standard InChI is InChI=1S/C18H19NO2/c19-18(9-10-20-17-8-4-2-6-15(17)18)11-13-12-21-16-7-3-1-5-14(13)16/h1-8,13H,9-12,19H2. The van der Waals surface area contributed by atoms with Crippen molar-refractivity contribution in [1.29, 1.82) is 0 Å². The Bertz CT molecular complexity index is 670. The van der Waals surface area contributed by atoms with Crippen LogP contribution in [-0.4, -0.2) is 13.2 Å². The van der Waals surface area contributed by atoms with E-state index < -0.39 is 0 Å². The van der Waals surface area contributed by atoms with Gasteiger partial charge in [-0.25, -0.2) is 0 Å². The molecule has 3 nitrogen and oxygen atoms in total. The Balaban J connectivity index is 1.66. The zero-order chi connectivity index (χ0) is 14.3. The number of ether oxygens (including phenoxy) is 2. The summed E-state index contributed by atoms with van der Waals surface area (Å²) in [5, 5.41) is 0. The van der Waals surface area contributed by atoms with Crippen molar-refractivity contribution < 1.29 is 9.47 Å². The van der Waals surface area contributed by atoms with E-state index in [0.29, 0.717) is 12.5 Å². The highest BCUT2D eigenvalue weighted by Crippen LogP contribution is 2.44. The van der Waals surface area contributed by atoms with Crippen LogP contribution >= 0.6 is 0 Å². The van der Waals surface area contributed by atoms with Gasteiger partial charge < -0.3 is 15.2 Å². The molecule has 0 amide bonds. The molecule has 108 valence electrons. The third-order valence-corrected chi connectivity index (χ3v) is 4.64. The first-order valence-electron chi connectivity index (χ1n) is 7.49. The molecule has 0 aliphatic carbocycles. The van der Waals surface area contributed by atoms with Crippen LogP contribution in [0.5, 0.6) is 11.5 Å². The predicted molar refractivity (Wildman–Crippen MR) is 81.7 cm³/mol.